The predicted octanol–water partition coefficient (Wildman–Crippen LogP) is 9.06. The molecule has 5 nitrogen and oxygen atoms in total. The summed E-state index contributed by atoms with van der Waals surface area (Å²) in [5, 5.41) is 0.176. The zero-order valence-electron chi connectivity index (χ0n) is 22.7. The summed E-state index contributed by atoms with van der Waals surface area (Å²) in [7, 11) is 0. The molecule has 0 aliphatic carbocycles. The first kappa shape index (κ1) is 30.7. The molecule has 0 unspecified atom stereocenters. The maximum Gasteiger partial charge on any atom is 0.343 e. The summed E-state index contributed by atoms with van der Waals surface area (Å²) in [6, 6.07) is 11.4. The van der Waals surface area contributed by atoms with Crippen LogP contribution >= 0.6 is 11.6 Å². The van der Waals surface area contributed by atoms with Gasteiger partial charge in [0, 0.05) is 6.07 Å². The lowest BCUT2D eigenvalue weighted by Crippen LogP contribution is -2.12. The summed E-state index contributed by atoms with van der Waals surface area (Å²) in [4.78, 5) is 24.8. The van der Waals surface area contributed by atoms with Crippen molar-refractivity contribution in [2.75, 3.05) is 13.2 Å². The van der Waals surface area contributed by atoms with E-state index in [2.05, 4.69) is 6.92 Å². The lowest BCUT2D eigenvalue weighted by molar-refractivity contribution is 0.0447. The van der Waals surface area contributed by atoms with Crippen LogP contribution in [0.3, 0.4) is 0 Å². The molecule has 0 bridgehead atoms. The smallest absolute Gasteiger partial charge is 0.343 e. The zero-order chi connectivity index (χ0) is 26.9. The molecule has 37 heavy (non-hydrogen) atoms. The molecule has 0 saturated carbocycles. The Labute approximate surface area is 227 Å². The fourth-order valence-corrected chi connectivity index (χ4v) is 4.02. The van der Waals surface area contributed by atoms with Crippen LogP contribution in [0.15, 0.2) is 42.5 Å². The largest absolute Gasteiger partial charge is 0.494 e. The van der Waals surface area contributed by atoms with E-state index in [0.717, 1.165) is 18.6 Å². The van der Waals surface area contributed by atoms with Gasteiger partial charge in [-0.3, -0.25) is 0 Å². The fourth-order valence-electron chi connectivity index (χ4n) is 3.77. The van der Waals surface area contributed by atoms with Crippen molar-refractivity contribution in [2.24, 2.45) is 5.92 Å². The van der Waals surface area contributed by atoms with E-state index in [9.17, 15) is 9.59 Å². The number of ether oxygens (including phenoxy) is 3. The minimum atomic E-state index is -0.510. The molecule has 1 atom stereocenters. The number of benzene rings is 2. The van der Waals surface area contributed by atoms with E-state index in [1.54, 1.807) is 24.3 Å². The lowest BCUT2D eigenvalue weighted by atomic mass is 10.1. The third-order valence-corrected chi connectivity index (χ3v) is 6.74. The van der Waals surface area contributed by atoms with E-state index >= 15 is 0 Å². The Morgan fingerprint density at radius 1 is 0.784 bits per heavy atom. The normalized spacial score (nSPS) is 11.7. The first-order valence-corrected chi connectivity index (χ1v) is 14.2. The molecular weight excluding hydrogens is 488 g/mol. The minimum Gasteiger partial charge on any atom is -0.494 e. The molecule has 2 rings (SSSR count). The van der Waals surface area contributed by atoms with Crippen molar-refractivity contribution in [1.29, 1.82) is 0 Å². The second kappa shape index (κ2) is 17.8. The topological polar surface area (TPSA) is 61.8 Å². The van der Waals surface area contributed by atoms with Crippen molar-refractivity contribution in [1.82, 2.24) is 0 Å². The third kappa shape index (κ3) is 12.0. The van der Waals surface area contributed by atoms with Crippen LogP contribution in [-0.2, 0) is 4.74 Å². The highest BCUT2D eigenvalue weighted by Gasteiger charge is 2.16. The second-order valence-corrected chi connectivity index (χ2v) is 10.1. The van der Waals surface area contributed by atoms with Gasteiger partial charge in [0.05, 0.1) is 29.4 Å². The maximum absolute atomic E-state index is 12.5. The van der Waals surface area contributed by atoms with Gasteiger partial charge in [0.2, 0.25) is 0 Å². The number of hydrogen-bond acceptors (Lipinski definition) is 5. The van der Waals surface area contributed by atoms with Gasteiger partial charge in [-0.15, -0.1) is 0 Å². The van der Waals surface area contributed by atoms with Crippen molar-refractivity contribution < 1.29 is 23.8 Å². The van der Waals surface area contributed by atoms with Crippen LogP contribution < -0.4 is 9.47 Å². The van der Waals surface area contributed by atoms with Gasteiger partial charge < -0.3 is 14.2 Å². The number of halogens is 1. The first-order chi connectivity index (χ1) is 17.9. The molecule has 0 N–H and O–H groups in total. The standard InChI is InChI=1S/C31H43ClO5/c1-4-6-7-8-9-10-11-12-13-14-21-35-26-17-15-25(16-18-26)30(33)37-27-19-20-28(29(32)22-27)31(34)36-23-24(3)5-2/h15-20,22,24H,4-14,21,23H2,1-3H3/t24-/m0/s1. The van der Waals surface area contributed by atoms with E-state index in [-0.39, 0.29) is 22.3 Å². The van der Waals surface area contributed by atoms with E-state index in [1.807, 2.05) is 13.8 Å². The van der Waals surface area contributed by atoms with E-state index in [0.29, 0.717) is 18.8 Å². The van der Waals surface area contributed by atoms with Crippen molar-refractivity contribution in [3.63, 3.8) is 0 Å². The highest BCUT2D eigenvalue weighted by molar-refractivity contribution is 6.33. The summed E-state index contributed by atoms with van der Waals surface area (Å²) in [5.41, 5.74) is 0.646. The quantitative estimate of drug-likeness (QED) is 0.109. The molecule has 0 fully saturated rings. The summed E-state index contributed by atoms with van der Waals surface area (Å²) in [6.45, 7) is 7.30. The molecule has 0 aliphatic heterocycles. The molecule has 2 aromatic carbocycles. The van der Waals surface area contributed by atoms with Gasteiger partial charge in [0.1, 0.15) is 11.5 Å². The second-order valence-electron chi connectivity index (χ2n) is 9.70. The highest BCUT2D eigenvalue weighted by atomic mass is 35.5. The van der Waals surface area contributed by atoms with Crippen LogP contribution in [-0.4, -0.2) is 25.2 Å². The highest BCUT2D eigenvalue weighted by Crippen LogP contribution is 2.25. The van der Waals surface area contributed by atoms with Crippen molar-refractivity contribution in [3.8, 4) is 11.5 Å². The number of rotatable bonds is 18. The molecule has 0 aromatic heterocycles. The number of esters is 2. The SMILES string of the molecule is CCCCCCCCCCCCOc1ccc(C(=O)Oc2ccc(C(=O)OC[C@@H](C)CC)c(Cl)c2)cc1. The van der Waals surface area contributed by atoms with Crippen molar-refractivity contribution in [3.05, 3.63) is 58.6 Å². The first-order valence-electron chi connectivity index (χ1n) is 13.9. The van der Waals surface area contributed by atoms with E-state index < -0.39 is 11.9 Å². The Balaban J connectivity index is 1.70. The number of carbonyl (C=O) groups excluding carboxylic acids is 2. The molecule has 0 amide bonds. The third-order valence-electron chi connectivity index (χ3n) is 6.42. The molecule has 0 spiro atoms. The Morgan fingerprint density at radius 2 is 1.38 bits per heavy atom. The van der Waals surface area contributed by atoms with Crippen LogP contribution in [0.25, 0.3) is 0 Å². The fraction of sp³-hybridized carbons (Fsp3) is 0.548. The summed E-state index contributed by atoms with van der Waals surface area (Å²) < 4.78 is 16.5. The molecule has 0 aliphatic rings. The molecule has 0 heterocycles. The van der Waals surface area contributed by atoms with Gasteiger partial charge in [-0.2, -0.15) is 0 Å². The summed E-state index contributed by atoms with van der Waals surface area (Å²) in [6.07, 6.45) is 13.8. The Bertz CT molecular complexity index is 941. The van der Waals surface area contributed by atoms with E-state index in [4.69, 9.17) is 25.8 Å². The van der Waals surface area contributed by atoms with Gasteiger partial charge in [-0.25, -0.2) is 9.59 Å². The van der Waals surface area contributed by atoms with Crippen LogP contribution in [0.5, 0.6) is 11.5 Å². The van der Waals surface area contributed by atoms with Gasteiger partial charge in [0.25, 0.3) is 0 Å². The van der Waals surface area contributed by atoms with Crippen LogP contribution in [0, 0.1) is 5.92 Å². The Morgan fingerprint density at radius 3 is 1.97 bits per heavy atom. The van der Waals surface area contributed by atoms with Gasteiger partial charge in [-0.05, 0) is 48.7 Å². The zero-order valence-corrected chi connectivity index (χ0v) is 23.5. The van der Waals surface area contributed by atoms with Crippen LogP contribution in [0.1, 0.15) is 112 Å². The number of carbonyl (C=O) groups is 2. The average molecular weight is 531 g/mol. The van der Waals surface area contributed by atoms with E-state index in [1.165, 1.54) is 76.0 Å². The lowest BCUT2D eigenvalue weighted by Gasteiger charge is -2.11. The minimum absolute atomic E-state index is 0.176. The summed E-state index contributed by atoms with van der Waals surface area (Å²) in [5.74, 6) is 0.269. The molecular formula is C31H43ClO5. The van der Waals surface area contributed by atoms with Gasteiger partial charge >= 0.3 is 11.9 Å². The molecule has 0 radical (unpaired) electrons. The Kier molecular flexibility index (Phi) is 14.8. The molecule has 204 valence electrons. The number of hydrogen-bond donors (Lipinski definition) is 0. The van der Waals surface area contributed by atoms with Gasteiger partial charge in [-0.1, -0.05) is 96.6 Å². The average Bonchev–Trinajstić information content (AvgIpc) is 2.90. The van der Waals surface area contributed by atoms with Crippen molar-refractivity contribution in [2.45, 2.75) is 91.4 Å². The van der Waals surface area contributed by atoms with Gasteiger partial charge in [0.15, 0.2) is 0 Å². The predicted molar refractivity (Wildman–Crippen MR) is 150 cm³/mol. The van der Waals surface area contributed by atoms with Crippen LogP contribution in [0.2, 0.25) is 5.02 Å². The van der Waals surface area contributed by atoms with Crippen LogP contribution in [0.4, 0.5) is 0 Å². The monoisotopic (exact) mass is 530 g/mol. The Hall–Kier alpha value is -2.53. The molecule has 6 heteroatoms. The molecule has 2 aromatic rings. The molecule has 0 saturated heterocycles. The van der Waals surface area contributed by atoms with Crippen molar-refractivity contribution >= 4 is 23.5 Å². The summed E-state index contributed by atoms with van der Waals surface area (Å²) >= 11 is 6.23. The maximum atomic E-state index is 12.5. The number of unbranched alkanes of at least 4 members (excludes halogenated alkanes) is 9.